The first-order chi connectivity index (χ1) is 12.9. The average molecular weight is 413 g/mol. The fraction of sp³-hybridized carbons (Fsp3) is 0.278. The number of carbonyl (C=O) groups excluding carboxylic acids is 1. The van der Waals surface area contributed by atoms with E-state index < -0.39 is 21.7 Å². The molecule has 1 aliphatic heterocycles. The zero-order valence-corrected chi connectivity index (χ0v) is 15.9. The van der Waals surface area contributed by atoms with Crippen molar-refractivity contribution in [3.63, 3.8) is 0 Å². The highest BCUT2D eigenvalue weighted by molar-refractivity contribution is 7.89. The van der Waals surface area contributed by atoms with Crippen molar-refractivity contribution in [2.75, 3.05) is 25.0 Å². The molecular weight excluding hydrogens is 395 g/mol. The Morgan fingerprint density at radius 3 is 2.44 bits per heavy atom. The molecule has 144 valence electrons. The number of hydrogen-bond donors (Lipinski definition) is 1. The highest BCUT2D eigenvalue weighted by atomic mass is 35.5. The van der Waals surface area contributed by atoms with E-state index in [1.165, 1.54) is 40.7 Å². The molecule has 0 atom stereocenters. The van der Waals surface area contributed by atoms with Crippen molar-refractivity contribution < 1.29 is 22.3 Å². The number of halogens is 2. The third-order valence-electron chi connectivity index (χ3n) is 4.10. The van der Waals surface area contributed by atoms with E-state index in [1.54, 1.807) is 0 Å². The molecule has 1 N–H and O–H groups in total. The van der Waals surface area contributed by atoms with Crippen LogP contribution in [0.5, 0.6) is 5.75 Å². The second kappa shape index (κ2) is 8.24. The lowest BCUT2D eigenvalue weighted by Gasteiger charge is -2.15. The van der Waals surface area contributed by atoms with E-state index in [0.717, 1.165) is 18.9 Å². The predicted molar refractivity (Wildman–Crippen MR) is 100.0 cm³/mol. The number of anilines is 1. The third kappa shape index (κ3) is 4.77. The first-order valence-corrected chi connectivity index (χ1v) is 10.2. The second-order valence-corrected chi connectivity index (χ2v) is 8.39. The molecule has 0 aliphatic carbocycles. The van der Waals surface area contributed by atoms with Crippen LogP contribution in [0.1, 0.15) is 12.8 Å². The summed E-state index contributed by atoms with van der Waals surface area (Å²) in [5, 5.41) is 2.44. The maximum absolute atomic E-state index is 13.1. The molecule has 0 radical (unpaired) electrons. The Balaban J connectivity index is 1.56. The Morgan fingerprint density at radius 2 is 1.81 bits per heavy atom. The van der Waals surface area contributed by atoms with E-state index in [0.29, 0.717) is 24.5 Å². The van der Waals surface area contributed by atoms with Crippen LogP contribution in [-0.4, -0.2) is 38.3 Å². The lowest BCUT2D eigenvalue weighted by molar-refractivity contribution is -0.118. The van der Waals surface area contributed by atoms with Gasteiger partial charge in [-0.3, -0.25) is 4.79 Å². The molecule has 0 unspecified atom stereocenters. The van der Waals surface area contributed by atoms with Gasteiger partial charge in [0, 0.05) is 18.8 Å². The second-order valence-electron chi connectivity index (χ2n) is 6.05. The predicted octanol–water partition coefficient (Wildman–Crippen LogP) is 3.28. The van der Waals surface area contributed by atoms with Gasteiger partial charge in [0.25, 0.3) is 5.91 Å². The highest BCUT2D eigenvalue weighted by Gasteiger charge is 2.26. The summed E-state index contributed by atoms with van der Waals surface area (Å²) in [6.07, 6.45) is 1.74. The summed E-state index contributed by atoms with van der Waals surface area (Å²) in [5.74, 6) is -0.663. The minimum absolute atomic E-state index is 0.0940. The highest BCUT2D eigenvalue weighted by Crippen LogP contribution is 2.23. The molecule has 1 heterocycles. The molecule has 0 bridgehead atoms. The van der Waals surface area contributed by atoms with Crippen LogP contribution in [0.2, 0.25) is 5.02 Å². The van der Waals surface area contributed by atoms with Crippen LogP contribution in [0, 0.1) is 5.82 Å². The van der Waals surface area contributed by atoms with Crippen LogP contribution in [-0.2, 0) is 14.8 Å². The van der Waals surface area contributed by atoms with Crippen LogP contribution in [0.3, 0.4) is 0 Å². The number of ether oxygens (including phenoxy) is 1. The standard InChI is InChI=1S/C18H18ClFN2O4S/c19-16-11-13(3-8-17(16)20)21-18(23)12-26-14-4-6-15(7-5-14)27(24,25)22-9-1-2-10-22/h3-8,11H,1-2,9-10,12H2,(H,21,23). The summed E-state index contributed by atoms with van der Waals surface area (Å²) in [6, 6.07) is 9.76. The van der Waals surface area contributed by atoms with E-state index in [2.05, 4.69) is 5.32 Å². The number of amides is 1. The first-order valence-electron chi connectivity index (χ1n) is 8.34. The van der Waals surface area contributed by atoms with Crippen molar-refractivity contribution >= 4 is 33.2 Å². The van der Waals surface area contributed by atoms with E-state index in [9.17, 15) is 17.6 Å². The molecule has 1 amide bonds. The van der Waals surface area contributed by atoms with Gasteiger partial charge in [0.05, 0.1) is 9.92 Å². The number of carbonyl (C=O) groups is 1. The van der Waals surface area contributed by atoms with Gasteiger partial charge >= 0.3 is 0 Å². The van der Waals surface area contributed by atoms with E-state index >= 15 is 0 Å². The average Bonchev–Trinajstić information content (AvgIpc) is 3.19. The maximum Gasteiger partial charge on any atom is 0.262 e. The Labute approximate surface area is 161 Å². The van der Waals surface area contributed by atoms with Crippen molar-refractivity contribution in [1.82, 2.24) is 4.31 Å². The van der Waals surface area contributed by atoms with Gasteiger partial charge in [0.1, 0.15) is 11.6 Å². The van der Waals surface area contributed by atoms with Gasteiger partial charge in [-0.05, 0) is 55.3 Å². The van der Waals surface area contributed by atoms with Crippen molar-refractivity contribution in [2.24, 2.45) is 0 Å². The molecule has 0 aromatic heterocycles. The monoisotopic (exact) mass is 412 g/mol. The molecule has 2 aromatic carbocycles. The van der Waals surface area contributed by atoms with Gasteiger partial charge in [-0.1, -0.05) is 11.6 Å². The van der Waals surface area contributed by atoms with Crippen LogP contribution in [0.4, 0.5) is 10.1 Å². The normalized spacial score (nSPS) is 14.9. The summed E-state index contributed by atoms with van der Waals surface area (Å²) in [5.41, 5.74) is 0.349. The molecule has 9 heteroatoms. The van der Waals surface area contributed by atoms with Gasteiger partial charge in [-0.15, -0.1) is 0 Å². The summed E-state index contributed by atoms with van der Waals surface area (Å²) in [6.45, 7) is 0.787. The van der Waals surface area contributed by atoms with Crippen molar-refractivity contribution in [2.45, 2.75) is 17.7 Å². The summed E-state index contributed by atoms with van der Waals surface area (Å²) >= 11 is 5.66. The van der Waals surface area contributed by atoms with Crippen LogP contribution in [0.15, 0.2) is 47.4 Å². The molecule has 1 fully saturated rings. The van der Waals surface area contributed by atoms with Gasteiger partial charge in [0.2, 0.25) is 10.0 Å². The quantitative estimate of drug-likeness (QED) is 0.790. The maximum atomic E-state index is 13.1. The molecule has 0 saturated carbocycles. The Hall–Kier alpha value is -2.16. The fourth-order valence-corrected chi connectivity index (χ4v) is 4.40. The molecule has 1 saturated heterocycles. The smallest absolute Gasteiger partial charge is 0.262 e. The molecule has 3 rings (SSSR count). The minimum Gasteiger partial charge on any atom is -0.484 e. The van der Waals surface area contributed by atoms with Crippen molar-refractivity contribution in [3.05, 3.63) is 53.3 Å². The SMILES string of the molecule is O=C(COc1ccc(S(=O)(=O)N2CCCC2)cc1)Nc1ccc(F)c(Cl)c1. The zero-order valence-electron chi connectivity index (χ0n) is 14.3. The van der Waals surface area contributed by atoms with E-state index in [4.69, 9.17) is 16.3 Å². The molecule has 2 aromatic rings. The Morgan fingerprint density at radius 1 is 1.15 bits per heavy atom. The van der Waals surface area contributed by atoms with Crippen molar-refractivity contribution in [3.8, 4) is 5.75 Å². The first kappa shape index (κ1) is 19.6. The summed E-state index contributed by atoms with van der Waals surface area (Å²) in [7, 11) is -3.48. The zero-order chi connectivity index (χ0) is 19.4. The van der Waals surface area contributed by atoms with Crippen LogP contribution < -0.4 is 10.1 Å². The topological polar surface area (TPSA) is 75.7 Å². The van der Waals surface area contributed by atoms with Gasteiger partial charge in [0.15, 0.2) is 6.61 Å². The lowest BCUT2D eigenvalue weighted by atomic mass is 10.3. The lowest BCUT2D eigenvalue weighted by Crippen LogP contribution is -2.27. The van der Waals surface area contributed by atoms with Crippen LogP contribution in [0.25, 0.3) is 0 Å². The Kier molecular flexibility index (Phi) is 5.98. The number of rotatable bonds is 6. The molecular formula is C18H18ClFN2O4S. The number of sulfonamides is 1. The van der Waals surface area contributed by atoms with E-state index in [1.807, 2.05) is 0 Å². The molecule has 1 aliphatic rings. The number of benzene rings is 2. The number of nitrogens with zero attached hydrogens (tertiary/aromatic N) is 1. The fourth-order valence-electron chi connectivity index (χ4n) is 2.71. The molecule has 6 nitrogen and oxygen atoms in total. The van der Waals surface area contributed by atoms with Crippen LogP contribution >= 0.6 is 11.6 Å². The number of hydrogen-bond acceptors (Lipinski definition) is 4. The van der Waals surface area contributed by atoms with Crippen molar-refractivity contribution in [1.29, 1.82) is 0 Å². The van der Waals surface area contributed by atoms with Gasteiger partial charge in [-0.25, -0.2) is 12.8 Å². The number of nitrogens with one attached hydrogen (secondary N) is 1. The Bertz CT molecular complexity index is 929. The molecule has 27 heavy (non-hydrogen) atoms. The third-order valence-corrected chi connectivity index (χ3v) is 6.30. The van der Waals surface area contributed by atoms with Gasteiger partial charge < -0.3 is 10.1 Å². The largest absolute Gasteiger partial charge is 0.484 e. The van der Waals surface area contributed by atoms with Gasteiger partial charge in [-0.2, -0.15) is 4.31 Å². The molecule has 0 spiro atoms. The minimum atomic E-state index is -3.48. The summed E-state index contributed by atoms with van der Waals surface area (Å²) in [4.78, 5) is 12.1. The van der Waals surface area contributed by atoms with E-state index in [-0.39, 0.29) is 16.5 Å². The summed E-state index contributed by atoms with van der Waals surface area (Å²) < 4.78 is 44.8.